The van der Waals surface area contributed by atoms with E-state index in [2.05, 4.69) is 17.0 Å². The van der Waals surface area contributed by atoms with E-state index in [0.29, 0.717) is 5.69 Å². The number of aromatic carboxylic acids is 1. The lowest BCUT2D eigenvalue weighted by Crippen LogP contribution is -1.96. The molecule has 0 unspecified atom stereocenters. The van der Waals surface area contributed by atoms with Crippen LogP contribution in [0.15, 0.2) is 55.0 Å². The number of aryl methyl sites for hydroxylation is 1. The fourth-order valence-corrected chi connectivity index (χ4v) is 2.49. The van der Waals surface area contributed by atoms with Gasteiger partial charge in [0.25, 0.3) is 0 Å². The highest BCUT2D eigenvalue weighted by molar-refractivity contribution is 5.94. The standard InChI is InChI=1S/C18H17N3O2/c1-2-3-13-4-6-14(7-5-13)17-16(18(22)23)12-21(20-17)15-8-10-19-11-9-15/h4-12H,2-3H2,1H3,(H,22,23). The van der Waals surface area contributed by atoms with Gasteiger partial charge in [-0.3, -0.25) is 4.98 Å². The average molecular weight is 307 g/mol. The summed E-state index contributed by atoms with van der Waals surface area (Å²) in [4.78, 5) is 15.5. The minimum Gasteiger partial charge on any atom is -0.478 e. The highest BCUT2D eigenvalue weighted by atomic mass is 16.4. The van der Waals surface area contributed by atoms with Gasteiger partial charge in [-0.05, 0) is 24.1 Å². The molecule has 2 aromatic heterocycles. The molecule has 1 N–H and O–H groups in total. The van der Waals surface area contributed by atoms with Crippen molar-refractivity contribution >= 4 is 5.97 Å². The van der Waals surface area contributed by atoms with Crippen LogP contribution in [-0.4, -0.2) is 25.8 Å². The van der Waals surface area contributed by atoms with E-state index in [0.717, 1.165) is 24.1 Å². The monoisotopic (exact) mass is 307 g/mol. The summed E-state index contributed by atoms with van der Waals surface area (Å²) < 4.78 is 1.57. The zero-order chi connectivity index (χ0) is 16.2. The Kier molecular flexibility index (Phi) is 4.19. The second-order valence-corrected chi connectivity index (χ2v) is 5.29. The third-order valence-corrected chi connectivity index (χ3v) is 3.64. The molecule has 0 aliphatic rings. The summed E-state index contributed by atoms with van der Waals surface area (Å²) in [5.41, 5.74) is 3.47. The van der Waals surface area contributed by atoms with Crippen molar-refractivity contribution in [3.8, 4) is 16.9 Å². The molecule has 3 rings (SSSR count). The first-order valence-electron chi connectivity index (χ1n) is 7.51. The zero-order valence-corrected chi connectivity index (χ0v) is 12.8. The van der Waals surface area contributed by atoms with Crippen LogP contribution in [0.5, 0.6) is 0 Å². The van der Waals surface area contributed by atoms with Gasteiger partial charge in [0, 0.05) is 24.2 Å². The van der Waals surface area contributed by atoms with Crippen molar-refractivity contribution in [3.05, 3.63) is 66.1 Å². The zero-order valence-electron chi connectivity index (χ0n) is 12.8. The maximum Gasteiger partial charge on any atom is 0.339 e. The van der Waals surface area contributed by atoms with Crippen LogP contribution in [0.4, 0.5) is 0 Å². The molecule has 0 fully saturated rings. The first-order chi connectivity index (χ1) is 11.2. The van der Waals surface area contributed by atoms with Crippen LogP contribution in [0.2, 0.25) is 0 Å². The first kappa shape index (κ1) is 15.0. The van der Waals surface area contributed by atoms with E-state index in [-0.39, 0.29) is 5.56 Å². The number of pyridine rings is 1. The molecule has 5 heteroatoms. The number of carboxylic acid groups (broad SMARTS) is 1. The van der Waals surface area contributed by atoms with Crippen LogP contribution in [0, 0.1) is 0 Å². The number of benzene rings is 1. The maximum absolute atomic E-state index is 11.5. The fraction of sp³-hybridized carbons (Fsp3) is 0.167. The molecule has 0 aliphatic heterocycles. The van der Waals surface area contributed by atoms with Crippen LogP contribution in [-0.2, 0) is 6.42 Å². The third kappa shape index (κ3) is 3.13. The van der Waals surface area contributed by atoms with E-state index < -0.39 is 5.97 Å². The molecule has 5 nitrogen and oxygen atoms in total. The molecule has 0 saturated carbocycles. The Labute approximate surface area is 134 Å². The molecule has 0 spiro atoms. The summed E-state index contributed by atoms with van der Waals surface area (Å²) in [5.74, 6) is -0.988. The van der Waals surface area contributed by atoms with Crippen molar-refractivity contribution in [1.29, 1.82) is 0 Å². The summed E-state index contributed by atoms with van der Waals surface area (Å²) >= 11 is 0. The summed E-state index contributed by atoms with van der Waals surface area (Å²) in [5, 5.41) is 13.9. The van der Waals surface area contributed by atoms with E-state index in [1.54, 1.807) is 29.2 Å². The van der Waals surface area contributed by atoms with Crippen LogP contribution >= 0.6 is 0 Å². The Balaban J connectivity index is 2.04. The summed E-state index contributed by atoms with van der Waals surface area (Å²) in [6.07, 6.45) is 6.92. The van der Waals surface area contributed by atoms with Crippen molar-refractivity contribution in [3.63, 3.8) is 0 Å². The van der Waals surface area contributed by atoms with Gasteiger partial charge in [0.05, 0.1) is 5.69 Å². The Morgan fingerprint density at radius 2 is 1.83 bits per heavy atom. The molecule has 0 amide bonds. The molecule has 1 aromatic carbocycles. The smallest absolute Gasteiger partial charge is 0.339 e. The summed E-state index contributed by atoms with van der Waals surface area (Å²) in [6.45, 7) is 2.13. The average Bonchev–Trinajstić information content (AvgIpc) is 3.02. The second kappa shape index (κ2) is 6.44. The summed E-state index contributed by atoms with van der Waals surface area (Å²) in [7, 11) is 0. The second-order valence-electron chi connectivity index (χ2n) is 5.29. The van der Waals surface area contributed by atoms with Gasteiger partial charge in [-0.1, -0.05) is 37.6 Å². The van der Waals surface area contributed by atoms with Crippen LogP contribution in [0.25, 0.3) is 16.9 Å². The molecule has 0 atom stereocenters. The molecule has 116 valence electrons. The van der Waals surface area contributed by atoms with Crippen LogP contribution in [0.3, 0.4) is 0 Å². The van der Waals surface area contributed by atoms with Gasteiger partial charge >= 0.3 is 5.97 Å². The van der Waals surface area contributed by atoms with Gasteiger partial charge in [-0.25, -0.2) is 9.48 Å². The van der Waals surface area contributed by atoms with E-state index >= 15 is 0 Å². The number of carboxylic acids is 1. The lowest BCUT2D eigenvalue weighted by Gasteiger charge is -2.02. The minimum absolute atomic E-state index is 0.185. The molecular formula is C18H17N3O2. The highest BCUT2D eigenvalue weighted by Gasteiger charge is 2.17. The van der Waals surface area contributed by atoms with Gasteiger partial charge < -0.3 is 5.11 Å². The van der Waals surface area contributed by atoms with Crippen molar-refractivity contribution in [1.82, 2.24) is 14.8 Å². The molecule has 0 aliphatic carbocycles. The predicted octanol–water partition coefficient (Wildman–Crippen LogP) is 3.59. The third-order valence-electron chi connectivity index (χ3n) is 3.64. The molecule has 0 radical (unpaired) electrons. The SMILES string of the molecule is CCCc1ccc(-c2nn(-c3ccncc3)cc2C(=O)O)cc1. The number of nitrogens with zero attached hydrogens (tertiary/aromatic N) is 3. The van der Waals surface area contributed by atoms with E-state index in [1.807, 2.05) is 24.3 Å². The Bertz CT molecular complexity index is 808. The number of aromatic nitrogens is 3. The largest absolute Gasteiger partial charge is 0.478 e. The Hall–Kier alpha value is -2.95. The first-order valence-corrected chi connectivity index (χ1v) is 7.51. The van der Waals surface area contributed by atoms with Gasteiger partial charge in [0.15, 0.2) is 0 Å². The van der Waals surface area contributed by atoms with Crippen LogP contribution in [0.1, 0.15) is 29.3 Å². The Morgan fingerprint density at radius 1 is 1.13 bits per heavy atom. The van der Waals surface area contributed by atoms with Gasteiger partial charge in [0.2, 0.25) is 0 Å². The van der Waals surface area contributed by atoms with Gasteiger partial charge in [0.1, 0.15) is 11.3 Å². The van der Waals surface area contributed by atoms with Crippen molar-refractivity contribution in [2.45, 2.75) is 19.8 Å². The minimum atomic E-state index is -0.988. The molecule has 23 heavy (non-hydrogen) atoms. The molecule has 0 bridgehead atoms. The van der Waals surface area contributed by atoms with Crippen molar-refractivity contribution in [2.24, 2.45) is 0 Å². The van der Waals surface area contributed by atoms with Crippen molar-refractivity contribution < 1.29 is 9.90 Å². The number of hydrogen-bond donors (Lipinski definition) is 1. The Morgan fingerprint density at radius 3 is 2.43 bits per heavy atom. The van der Waals surface area contributed by atoms with E-state index in [4.69, 9.17) is 0 Å². The normalized spacial score (nSPS) is 10.7. The summed E-state index contributed by atoms with van der Waals surface area (Å²) in [6, 6.07) is 11.5. The molecule has 0 saturated heterocycles. The molecule has 2 heterocycles. The van der Waals surface area contributed by atoms with Gasteiger partial charge in [-0.15, -0.1) is 0 Å². The number of hydrogen-bond acceptors (Lipinski definition) is 3. The van der Waals surface area contributed by atoms with Crippen molar-refractivity contribution in [2.75, 3.05) is 0 Å². The number of rotatable bonds is 5. The van der Waals surface area contributed by atoms with E-state index in [1.165, 1.54) is 11.8 Å². The van der Waals surface area contributed by atoms with Crippen LogP contribution < -0.4 is 0 Å². The number of carbonyl (C=O) groups is 1. The van der Waals surface area contributed by atoms with E-state index in [9.17, 15) is 9.90 Å². The lowest BCUT2D eigenvalue weighted by atomic mass is 10.0. The quantitative estimate of drug-likeness (QED) is 0.782. The topological polar surface area (TPSA) is 68.0 Å². The molecule has 3 aromatic rings. The maximum atomic E-state index is 11.5. The highest BCUT2D eigenvalue weighted by Crippen LogP contribution is 2.24. The lowest BCUT2D eigenvalue weighted by molar-refractivity contribution is 0.0697. The molecular weight excluding hydrogens is 290 g/mol. The fourth-order valence-electron chi connectivity index (χ4n) is 2.49. The predicted molar refractivity (Wildman–Crippen MR) is 87.7 cm³/mol. The van der Waals surface area contributed by atoms with Gasteiger partial charge in [-0.2, -0.15) is 5.10 Å².